The highest BCUT2D eigenvalue weighted by atomic mass is 15.1. The maximum atomic E-state index is 2.49. The highest BCUT2D eigenvalue weighted by molar-refractivity contribution is 6.95. The van der Waals surface area contributed by atoms with E-state index in [1.807, 2.05) is 0 Å². The van der Waals surface area contributed by atoms with Gasteiger partial charge in [-0.25, -0.2) is 0 Å². The molecule has 4 nitrogen and oxygen atoms in total. The van der Waals surface area contributed by atoms with Crippen molar-refractivity contribution in [3.63, 3.8) is 0 Å². The summed E-state index contributed by atoms with van der Waals surface area (Å²) in [6, 6.07) is 95.9. The number of fused-ring (bicyclic) bond motifs is 14. The van der Waals surface area contributed by atoms with Crippen LogP contribution in [0.4, 0.5) is 0 Å². The van der Waals surface area contributed by atoms with Gasteiger partial charge in [0.2, 0.25) is 6.71 Å². The summed E-state index contributed by atoms with van der Waals surface area (Å²) in [4.78, 5) is 0. The zero-order valence-electron chi connectivity index (χ0n) is 38.7. The van der Waals surface area contributed by atoms with Crippen molar-refractivity contribution in [1.29, 1.82) is 0 Å². The number of rotatable bonds is 7. The molecule has 0 aliphatic carbocycles. The van der Waals surface area contributed by atoms with Crippen molar-refractivity contribution < 1.29 is 0 Å². The van der Waals surface area contributed by atoms with Crippen LogP contribution in [0.3, 0.4) is 0 Å². The molecule has 0 radical (unpaired) electrons. The Labute approximate surface area is 410 Å². The third-order valence-corrected chi connectivity index (χ3v) is 15.1. The molecule has 4 heterocycles. The van der Waals surface area contributed by atoms with Crippen LogP contribution in [-0.4, -0.2) is 25.0 Å². The molecule has 0 aliphatic rings. The van der Waals surface area contributed by atoms with E-state index in [0.717, 1.165) is 22.7 Å². The van der Waals surface area contributed by atoms with Crippen molar-refractivity contribution >= 4 is 110 Å². The lowest BCUT2D eigenvalue weighted by atomic mass is 9.37. The quantitative estimate of drug-likeness (QED) is 0.142. The molecule has 0 bridgehead atoms. The van der Waals surface area contributed by atoms with Crippen LogP contribution in [0.5, 0.6) is 0 Å². The first-order valence-corrected chi connectivity index (χ1v) is 24.6. The zero-order chi connectivity index (χ0) is 46.6. The van der Waals surface area contributed by atoms with E-state index >= 15 is 0 Å². The summed E-state index contributed by atoms with van der Waals surface area (Å²) in [7, 11) is 0. The molecule has 0 atom stereocenters. The molecule has 0 saturated carbocycles. The summed E-state index contributed by atoms with van der Waals surface area (Å²) >= 11 is 0. The first-order valence-electron chi connectivity index (χ1n) is 24.6. The van der Waals surface area contributed by atoms with Crippen LogP contribution in [0.25, 0.3) is 110 Å². The molecular formula is C66H43BN4. The Morgan fingerprint density at radius 1 is 0.183 bits per heavy atom. The van der Waals surface area contributed by atoms with Gasteiger partial charge in [-0.3, -0.25) is 0 Å². The van der Waals surface area contributed by atoms with Gasteiger partial charge in [0, 0.05) is 65.8 Å². The van der Waals surface area contributed by atoms with Gasteiger partial charge in [0.05, 0.1) is 44.1 Å². The van der Waals surface area contributed by atoms with Gasteiger partial charge in [-0.15, -0.1) is 0 Å². The average molecular weight is 903 g/mol. The largest absolute Gasteiger partial charge is 0.307 e. The van der Waals surface area contributed by atoms with E-state index in [4.69, 9.17) is 0 Å². The maximum absolute atomic E-state index is 2.49. The van der Waals surface area contributed by atoms with Gasteiger partial charge in [0.25, 0.3) is 0 Å². The predicted molar refractivity (Wildman–Crippen MR) is 301 cm³/mol. The summed E-state index contributed by atoms with van der Waals surface area (Å²) in [5, 5.41) is 9.95. The molecule has 4 aromatic heterocycles. The number of benzene rings is 11. The average Bonchev–Trinajstić information content (AvgIpc) is 4.18. The molecule has 15 aromatic rings. The molecule has 0 amide bonds. The maximum Gasteiger partial charge on any atom is 0.241 e. The summed E-state index contributed by atoms with van der Waals surface area (Å²) < 4.78 is 9.89. The fourth-order valence-electron chi connectivity index (χ4n) is 12.1. The Bertz CT molecular complexity index is 4270. The molecule has 11 aromatic carbocycles. The van der Waals surface area contributed by atoms with Crippen molar-refractivity contribution in [2.45, 2.75) is 0 Å². The van der Waals surface area contributed by atoms with Gasteiger partial charge < -0.3 is 18.3 Å². The minimum absolute atomic E-state index is 0.00948. The van der Waals surface area contributed by atoms with E-state index in [-0.39, 0.29) is 6.71 Å². The summed E-state index contributed by atoms with van der Waals surface area (Å²) in [6.07, 6.45) is 0. The molecule has 71 heavy (non-hydrogen) atoms. The number of nitrogens with zero attached hydrogens (tertiary/aromatic N) is 4. The van der Waals surface area contributed by atoms with E-state index in [9.17, 15) is 0 Å². The molecule has 0 fully saturated rings. The number of aromatic nitrogens is 4. The summed E-state index contributed by atoms with van der Waals surface area (Å²) in [5.74, 6) is 0. The Kier molecular flexibility index (Phi) is 8.72. The molecule has 0 spiro atoms. The molecule has 330 valence electrons. The van der Waals surface area contributed by atoms with Crippen molar-refractivity contribution in [3.05, 3.63) is 261 Å². The van der Waals surface area contributed by atoms with E-state index < -0.39 is 0 Å². The van der Waals surface area contributed by atoms with Crippen molar-refractivity contribution in [1.82, 2.24) is 18.3 Å². The van der Waals surface area contributed by atoms with Gasteiger partial charge in [-0.2, -0.15) is 0 Å². The Morgan fingerprint density at radius 2 is 0.423 bits per heavy atom. The van der Waals surface area contributed by atoms with E-state index in [2.05, 4.69) is 279 Å². The monoisotopic (exact) mass is 902 g/mol. The molecule has 0 unspecified atom stereocenters. The lowest BCUT2D eigenvalue weighted by molar-refractivity contribution is 1.15. The first kappa shape index (κ1) is 39.7. The van der Waals surface area contributed by atoms with Crippen LogP contribution >= 0.6 is 0 Å². The van der Waals surface area contributed by atoms with Crippen LogP contribution in [0.2, 0.25) is 0 Å². The van der Waals surface area contributed by atoms with Crippen LogP contribution in [0.15, 0.2) is 261 Å². The normalized spacial score (nSPS) is 11.9. The Balaban J connectivity index is 0.905. The number of para-hydroxylation sites is 6. The van der Waals surface area contributed by atoms with E-state index in [1.165, 1.54) is 104 Å². The standard InChI is InChI=1S/C66H43BN4/c1-4-18-44(19-5-1)67(45-32-36-49(37-33-45)70-61-30-16-12-26-53(61)57-42-40-55-51-24-10-14-28-59(51)68(63(55)65(57)70)47-20-6-2-7-21-47)46-34-38-50(39-35-46)71-62-31-17-13-27-54(62)58-43-41-56-52-25-11-15-29-60(52)69(64(56)66(58)71)48-22-8-3-9-23-48/h1-43H. The van der Waals surface area contributed by atoms with Gasteiger partial charge >= 0.3 is 0 Å². The fraction of sp³-hybridized carbons (Fsp3) is 0. The number of hydrogen-bond acceptors (Lipinski definition) is 0. The van der Waals surface area contributed by atoms with Gasteiger partial charge in [0.15, 0.2) is 0 Å². The second-order valence-corrected chi connectivity index (χ2v) is 18.8. The number of hydrogen-bond donors (Lipinski definition) is 0. The minimum Gasteiger partial charge on any atom is -0.307 e. The van der Waals surface area contributed by atoms with Crippen LogP contribution in [0, 0.1) is 0 Å². The minimum atomic E-state index is 0.00948. The second-order valence-electron chi connectivity index (χ2n) is 18.8. The highest BCUT2D eigenvalue weighted by Gasteiger charge is 2.26. The fourth-order valence-corrected chi connectivity index (χ4v) is 12.1. The Hall–Kier alpha value is -9.32. The van der Waals surface area contributed by atoms with Crippen molar-refractivity contribution in [2.24, 2.45) is 0 Å². The smallest absolute Gasteiger partial charge is 0.241 e. The van der Waals surface area contributed by atoms with Gasteiger partial charge in [-0.05, 0) is 72.8 Å². The predicted octanol–water partition coefficient (Wildman–Crippen LogP) is 14.6. The van der Waals surface area contributed by atoms with E-state index in [0.29, 0.717) is 0 Å². The van der Waals surface area contributed by atoms with Gasteiger partial charge in [-0.1, -0.05) is 204 Å². The van der Waals surface area contributed by atoms with Crippen LogP contribution in [-0.2, 0) is 0 Å². The van der Waals surface area contributed by atoms with Crippen molar-refractivity contribution in [2.75, 3.05) is 0 Å². The molecule has 0 saturated heterocycles. The molecule has 5 heteroatoms. The van der Waals surface area contributed by atoms with Crippen LogP contribution in [0.1, 0.15) is 0 Å². The molecular weight excluding hydrogens is 860 g/mol. The second kappa shape index (κ2) is 15.6. The zero-order valence-corrected chi connectivity index (χ0v) is 38.7. The molecule has 0 N–H and O–H groups in total. The summed E-state index contributed by atoms with van der Waals surface area (Å²) in [6.45, 7) is 0.00948. The third kappa shape index (κ3) is 5.87. The van der Waals surface area contributed by atoms with Crippen molar-refractivity contribution in [3.8, 4) is 22.7 Å². The van der Waals surface area contributed by atoms with E-state index in [1.54, 1.807) is 0 Å². The third-order valence-electron chi connectivity index (χ3n) is 15.1. The molecule has 0 aliphatic heterocycles. The SMILES string of the molecule is c1ccc(B(c2ccc(-n3c4ccccc4c4ccc5c6ccccc6n(-c6ccccc6)c5c43)cc2)c2ccc(-n3c4ccccc4c4ccc5c6ccccc6n(-c6ccccc6)c5c43)cc2)cc1. The lowest BCUT2D eigenvalue weighted by Crippen LogP contribution is -2.51. The van der Waals surface area contributed by atoms with Gasteiger partial charge in [0.1, 0.15) is 0 Å². The highest BCUT2D eigenvalue weighted by Crippen LogP contribution is 2.43. The summed E-state index contributed by atoms with van der Waals surface area (Å²) in [5.41, 5.74) is 17.9. The Morgan fingerprint density at radius 3 is 0.732 bits per heavy atom. The first-order chi connectivity index (χ1) is 35.3. The lowest BCUT2D eigenvalue weighted by Gasteiger charge is -2.18. The topological polar surface area (TPSA) is 19.7 Å². The molecule has 15 rings (SSSR count). The van der Waals surface area contributed by atoms with Crippen LogP contribution < -0.4 is 16.4 Å².